The highest BCUT2D eigenvalue weighted by Gasteiger charge is 2.28. The topological polar surface area (TPSA) is 307 Å². The summed E-state index contributed by atoms with van der Waals surface area (Å²) in [5.41, 5.74) is 0.105. The molecule has 3 saturated carbocycles. The van der Waals surface area contributed by atoms with E-state index in [0.717, 1.165) is 38.5 Å². The molecule has 0 aromatic heterocycles. The predicted octanol–water partition coefficient (Wildman–Crippen LogP) is 15.5. The van der Waals surface area contributed by atoms with Gasteiger partial charge in [-0.1, -0.05) is 206 Å². The van der Waals surface area contributed by atoms with Gasteiger partial charge in [0, 0.05) is 48.3 Å². The molecule has 666 valence electrons. The number of carbonyl (C=O) groups excluding carboxylic acids is 8. The molecule has 0 saturated heterocycles. The fraction of sp³-hybridized carbons (Fsp3) is 0.909. The number of nitrogens with one attached hydrogen (secondary N) is 8. The molecule has 3 aliphatic carbocycles. The first kappa shape index (κ1) is 116. The number of ether oxygens (including phenoxy) is 8. The molecule has 3 aliphatic rings. The fourth-order valence-corrected chi connectivity index (χ4v) is 11.0. The van der Waals surface area contributed by atoms with Crippen molar-refractivity contribution < 1.29 is 76.3 Å². The SMILES string of the molecule is CC(C)NC(C(=O)OC(C)C)C(C)C.CC(C)NC(C)C(=O)OC1CCCCC1.CC(C)NC(C)C(=O)OCC(C)(C)C.CC(C)N[C@@H](C)C(=O)OC1CCCCC1.CC(C)N[C@@H](C)C(=O)OCC(C)(C)C.CC(C)N[C@H](C)C(=O)OC1CCCCC1.CC(C)N[C@H](C)C(=O)OCC(C)(C)C.CCOC(=O)[C@H](C)NC(C)C. The zero-order chi connectivity index (χ0) is 88.0. The number of hydrogen-bond donors (Lipinski definition) is 8. The van der Waals surface area contributed by atoms with Crippen molar-refractivity contribution >= 4 is 47.8 Å². The molecule has 0 amide bonds. The Morgan fingerprint density at radius 2 is 0.455 bits per heavy atom. The van der Waals surface area contributed by atoms with Crippen molar-refractivity contribution in [1.29, 1.82) is 0 Å². The Bertz CT molecular complexity index is 2220. The third-order valence-corrected chi connectivity index (χ3v) is 16.1. The summed E-state index contributed by atoms with van der Waals surface area (Å²) in [5, 5.41) is 25.0. The van der Waals surface area contributed by atoms with Crippen LogP contribution in [-0.4, -0.2) is 195 Å². The van der Waals surface area contributed by atoms with E-state index in [9.17, 15) is 38.4 Å². The lowest BCUT2D eigenvalue weighted by Gasteiger charge is -2.24. The van der Waals surface area contributed by atoms with Gasteiger partial charge in [-0.15, -0.1) is 0 Å². The van der Waals surface area contributed by atoms with Crippen LogP contribution in [0, 0.1) is 22.2 Å². The normalized spacial score (nSPS) is 16.5. The van der Waals surface area contributed by atoms with Crippen molar-refractivity contribution in [2.45, 2.75) is 474 Å². The van der Waals surface area contributed by atoms with Crippen LogP contribution < -0.4 is 42.5 Å². The molecule has 3 fully saturated rings. The summed E-state index contributed by atoms with van der Waals surface area (Å²) in [6, 6.07) is 0.824. The average molecular weight is 1600 g/mol. The monoisotopic (exact) mass is 1600 g/mol. The second-order valence-corrected chi connectivity index (χ2v) is 37.2. The first-order chi connectivity index (χ1) is 51.4. The van der Waals surface area contributed by atoms with E-state index < -0.39 is 0 Å². The van der Waals surface area contributed by atoms with Crippen molar-refractivity contribution in [3.05, 3.63) is 0 Å². The maximum absolute atomic E-state index is 11.7. The van der Waals surface area contributed by atoms with Gasteiger partial charge in [-0.05, 0) is 168 Å². The number of carbonyl (C=O) groups is 8. The standard InChI is InChI=1S/3C12H23NO2.4C11H23NO2.C8H17NO2/c3*1-9(2)13-10(3)12(14)15-11-7-5-4-6-8-11;3*1-8(2)12-9(3)10(13)14-7-11(4,5)6;1-7(2)10(12-8(3)4)11(13)14-9(5)6;1-5-11-8(10)7(4)9-6(2)3/h3*9-11,13H,4-8H2,1-3H3;3*8-9,12H,7H2,1-6H3;7-10,12H,1-6H3;6-7,9H,5H2,1-4H3/t2*10-;;2*9-;;;7-/m10.10..0/s1. The summed E-state index contributed by atoms with van der Waals surface area (Å²) in [6.07, 6.45) is 17.8. The Kier molecular flexibility index (Phi) is 66.8. The molecular weight excluding hydrogens is 1430 g/mol. The molecule has 0 aromatic carbocycles. The Labute approximate surface area is 685 Å². The predicted molar refractivity (Wildman–Crippen MR) is 459 cm³/mol. The summed E-state index contributed by atoms with van der Waals surface area (Å²) in [5.74, 6) is -0.897. The van der Waals surface area contributed by atoms with Gasteiger partial charge in [0.1, 0.15) is 66.6 Å². The third-order valence-electron chi connectivity index (χ3n) is 16.1. The van der Waals surface area contributed by atoms with E-state index in [1.807, 2.05) is 242 Å². The molecule has 8 atom stereocenters. The number of hydrogen-bond acceptors (Lipinski definition) is 24. The van der Waals surface area contributed by atoms with E-state index in [2.05, 4.69) is 42.5 Å². The van der Waals surface area contributed by atoms with E-state index in [4.69, 9.17) is 37.9 Å². The molecule has 0 spiro atoms. The third kappa shape index (κ3) is 74.3. The van der Waals surface area contributed by atoms with Gasteiger partial charge >= 0.3 is 47.8 Å². The van der Waals surface area contributed by atoms with Crippen LogP contribution in [0.2, 0.25) is 0 Å². The molecular formula is C88H178N8O16. The largest absolute Gasteiger partial charge is 0.465 e. The van der Waals surface area contributed by atoms with E-state index in [-0.39, 0.29) is 143 Å². The minimum absolute atomic E-state index is 0.0349. The second-order valence-electron chi connectivity index (χ2n) is 37.2. The van der Waals surface area contributed by atoms with Crippen LogP contribution in [0.3, 0.4) is 0 Å². The van der Waals surface area contributed by atoms with Crippen LogP contribution >= 0.6 is 0 Å². The Morgan fingerprint density at radius 3 is 0.616 bits per heavy atom. The van der Waals surface area contributed by atoms with Gasteiger partial charge in [0.2, 0.25) is 0 Å². The summed E-state index contributed by atoms with van der Waals surface area (Å²) in [6.45, 7) is 75.0. The molecule has 0 bridgehead atoms. The number of rotatable bonds is 33. The van der Waals surface area contributed by atoms with Gasteiger partial charge < -0.3 is 80.4 Å². The van der Waals surface area contributed by atoms with Gasteiger partial charge in [0.25, 0.3) is 0 Å². The summed E-state index contributed by atoms with van der Waals surface area (Å²) in [7, 11) is 0. The number of esters is 8. The van der Waals surface area contributed by atoms with Crippen LogP contribution in [0.15, 0.2) is 0 Å². The van der Waals surface area contributed by atoms with E-state index in [1.54, 1.807) is 13.8 Å². The molecule has 24 heteroatoms. The highest BCUT2D eigenvalue weighted by molar-refractivity contribution is 5.78. The minimum Gasteiger partial charge on any atom is -0.465 e. The highest BCUT2D eigenvalue weighted by Crippen LogP contribution is 2.24. The van der Waals surface area contributed by atoms with Crippen molar-refractivity contribution in [1.82, 2.24) is 42.5 Å². The first-order valence-electron chi connectivity index (χ1n) is 42.9. The van der Waals surface area contributed by atoms with Gasteiger partial charge in [0.05, 0.1) is 32.5 Å². The van der Waals surface area contributed by atoms with Crippen LogP contribution in [0.1, 0.15) is 352 Å². The summed E-state index contributed by atoms with van der Waals surface area (Å²) >= 11 is 0. The van der Waals surface area contributed by atoms with Crippen molar-refractivity contribution in [2.24, 2.45) is 22.2 Å². The van der Waals surface area contributed by atoms with Gasteiger partial charge in [0.15, 0.2) is 0 Å². The summed E-state index contributed by atoms with van der Waals surface area (Å²) in [4.78, 5) is 91.9. The van der Waals surface area contributed by atoms with Crippen molar-refractivity contribution in [3.63, 3.8) is 0 Å². The molecule has 0 heterocycles. The Balaban J connectivity index is -0.000000390. The molecule has 8 N–H and O–H groups in total. The molecule has 3 rings (SSSR count). The lowest BCUT2D eigenvalue weighted by Crippen LogP contribution is -2.46. The van der Waals surface area contributed by atoms with E-state index in [0.29, 0.717) is 74.8 Å². The average Bonchev–Trinajstić information content (AvgIpc) is 0.911. The van der Waals surface area contributed by atoms with E-state index in [1.165, 1.54) is 57.8 Å². The molecule has 0 aliphatic heterocycles. The quantitative estimate of drug-likeness (QED) is 0.0224. The van der Waals surface area contributed by atoms with Crippen LogP contribution in [0.25, 0.3) is 0 Å². The van der Waals surface area contributed by atoms with Gasteiger partial charge in [-0.2, -0.15) is 0 Å². The van der Waals surface area contributed by atoms with E-state index >= 15 is 0 Å². The smallest absolute Gasteiger partial charge is 0.323 e. The highest BCUT2D eigenvalue weighted by atomic mass is 16.6. The first-order valence-corrected chi connectivity index (χ1v) is 42.9. The Hall–Kier alpha value is -4.56. The second kappa shape index (κ2) is 64.5. The van der Waals surface area contributed by atoms with Gasteiger partial charge in [-0.3, -0.25) is 38.4 Å². The lowest BCUT2D eigenvalue weighted by atomic mass is 9.98. The van der Waals surface area contributed by atoms with Crippen molar-refractivity contribution in [2.75, 3.05) is 26.4 Å². The summed E-state index contributed by atoms with van der Waals surface area (Å²) < 4.78 is 41.8. The zero-order valence-electron chi connectivity index (χ0n) is 78.6. The lowest BCUT2D eigenvalue weighted by molar-refractivity contribution is -0.153. The van der Waals surface area contributed by atoms with Gasteiger partial charge in [-0.25, -0.2) is 0 Å². The maximum Gasteiger partial charge on any atom is 0.323 e. The maximum atomic E-state index is 11.7. The van der Waals surface area contributed by atoms with Crippen LogP contribution in [-0.2, 0) is 76.3 Å². The molecule has 112 heavy (non-hydrogen) atoms. The molecule has 24 nitrogen and oxygen atoms in total. The molecule has 0 aromatic rings. The molecule has 0 radical (unpaired) electrons. The molecule has 3 unspecified atom stereocenters. The minimum atomic E-state index is -0.225. The van der Waals surface area contributed by atoms with Crippen LogP contribution in [0.4, 0.5) is 0 Å². The van der Waals surface area contributed by atoms with Crippen LogP contribution in [0.5, 0.6) is 0 Å². The fourth-order valence-electron chi connectivity index (χ4n) is 11.0. The zero-order valence-corrected chi connectivity index (χ0v) is 78.6. The van der Waals surface area contributed by atoms with Crippen molar-refractivity contribution in [3.8, 4) is 0 Å². The Morgan fingerprint density at radius 1 is 0.268 bits per heavy atom.